The van der Waals surface area contributed by atoms with Crippen LogP contribution in [0.2, 0.25) is 5.02 Å². The van der Waals surface area contributed by atoms with E-state index in [-0.39, 0.29) is 43.6 Å². The normalized spacial score (nSPS) is 22.7. The van der Waals surface area contributed by atoms with Crippen LogP contribution in [0.4, 0.5) is 0 Å². The Balaban J connectivity index is 1.76. The summed E-state index contributed by atoms with van der Waals surface area (Å²) in [5.41, 5.74) is 0.960. The molecular weight excluding hydrogens is 360 g/mol. The highest BCUT2D eigenvalue weighted by molar-refractivity contribution is 6.30. The molecule has 1 aromatic carbocycles. The van der Waals surface area contributed by atoms with E-state index in [9.17, 15) is 14.7 Å². The number of ether oxygens (including phenoxy) is 2. The molecule has 3 N–H and O–H groups in total. The van der Waals surface area contributed by atoms with Crippen LogP contribution in [0.5, 0.6) is 0 Å². The summed E-state index contributed by atoms with van der Waals surface area (Å²) in [5.74, 6) is -0.373. The van der Waals surface area contributed by atoms with Crippen LogP contribution in [0.3, 0.4) is 0 Å². The SMILES string of the molecule is COCC(=O)N[C@@H]1CC[C@@H](CC(=O)NCc2ccc(Cl)cc2)O[C@H]1CO. The van der Waals surface area contributed by atoms with Crippen molar-refractivity contribution in [3.05, 3.63) is 34.9 Å². The zero-order valence-electron chi connectivity index (χ0n) is 14.7. The van der Waals surface area contributed by atoms with Crippen molar-refractivity contribution in [3.8, 4) is 0 Å². The highest BCUT2D eigenvalue weighted by Gasteiger charge is 2.32. The number of aliphatic hydroxyl groups is 1. The average molecular weight is 385 g/mol. The van der Waals surface area contributed by atoms with E-state index in [0.717, 1.165) is 5.56 Å². The van der Waals surface area contributed by atoms with E-state index in [2.05, 4.69) is 10.6 Å². The van der Waals surface area contributed by atoms with E-state index in [1.54, 1.807) is 12.1 Å². The minimum Gasteiger partial charge on any atom is -0.394 e. The molecule has 144 valence electrons. The number of amides is 2. The van der Waals surface area contributed by atoms with Crippen molar-refractivity contribution in [2.45, 2.75) is 44.1 Å². The number of halogens is 1. The van der Waals surface area contributed by atoms with Crippen molar-refractivity contribution >= 4 is 23.4 Å². The first-order chi connectivity index (χ1) is 12.5. The number of benzene rings is 1. The minimum atomic E-state index is -0.529. The molecule has 2 amide bonds. The number of carbonyl (C=O) groups excluding carboxylic acids is 2. The Kier molecular flexibility index (Phi) is 8.31. The molecule has 26 heavy (non-hydrogen) atoms. The van der Waals surface area contributed by atoms with Crippen LogP contribution in [-0.2, 0) is 25.6 Å². The summed E-state index contributed by atoms with van der Waals surface area (Å²) in [6.07, 6.45) is 0.660. The lowest BCUT2D eigenvalue weighted by atomic mass is 9.97. The number of hydrogen-bond donors (Lipinski definition) is 3. The van der Waals surface area contributed by atoms with Gasteiger partial charge in [-0.3, -0.25) is 9.59 Å². The Morgan fingerprint density at radius 2 is 2.00 bits per heavy atom. The molecule has 2 rings (SSSR count). The van der Waals surface area contributed by atoms with Gasteiger partial charge in [-0.05, 0) is 30.5 Å². The molecule has 0 bridgehead atoms. The summed E-state index contributed by atoms with van der Waals surface area (Å²) in [4.78, 5) is 23.8. The molecule has 0 aliphatic carbocycles. The lowest BCUT2D eigenvalue weighted by Crippen LogP contribution is -2.52. The van der Waals surface area contributed by atoms with Gasteiger partial charge in [-0.15, -0.1) is 0 Å². The molecule has 1 fully saturated rings. The lowest BCUT2D eigenvalue weighted by Gasteiger charge is -2.35. The molecule has 0 spiro atoms. The van der Waals surface area contributed by atoms with Gasteiger partial charge in [0, 0.05) is 18.7 Å². The largest absolute Gasteiger partial charge is 0.394 e. The van der Waals surface area contributed by atoms with Crippen molar-refractivity contribution < 1.29 is 24.2 Å². The topological polar surface area (TPSA) is 96.9 Å². The number of rotatable bonds is 8. The molecule has 1 aliphatic rings. The Labute approximate surface area is 158 Å². The predicted octanol–water partition coefficient (Wildman–Crippen LogP) is 1.02. The number of carbonyl (C=O) groups is 2. The van der Waals surface area contributed by atoms with Crippen molar-refractivity contribution in [1.29, 1.82) is 0 Å². The molecule has 8 heteroatoms. The summed E-state index contributed by atoms with van der Waals surface area (Å²) >= 11 is 5.83. The maximum atomic E-state index is 12.1. The van der Waals surface area contributed by atoms with E-state index in [0.29, 0.717) is 24.4 Å². The van der Waals surface area contributed by atoms with E-state index in [4.69, 9.17) is 21.1 Å². The molecular formula is C18H25ClN2O5. The van der Waals surface area contributed by atoms with Gasteiger partial charge in [0.15, 0.2) is 0 Å². The highest BCUT2D eigenvalue weighted by Crippen LogP contribution is 2.22. The smallest absolute Gasteiger partial charge is 0.246 e. The Bertz CT molecular complexity index is 596. The fraction of sp³-hybridized carbons (Fsp3) is 0.556. The maximum Gasteiger partial charge on any atom is 0.246 e. The van der Waals surface area contributed by atoms with E-state index < -0.39 is 6.10 Å². The molecule has 0 aromatic heterocycles. The monoisotopic (exact) mass is 384 g/mol. The van der Waals surface area contributed by atoms with Gasteiger partial charge in [0.05, 0.1) is 25.2 Å². The van der Waals surface area contributed by atoms with Crippen LogP contribution in [0, 0.1) is 0 Å². The Morgan fingerprint density at radius 3 is 2.65 bits per heavy atom. The second-order valence-corrected chi connectivity index (χ2v) is 6.71. The molecule has 0 unspecified atom stereocenters. The third-order valence-corrected chi connectivity index (χ3v) is 4.49. The molecule has 0 saturated carbocycles. The first-order valence-electron chi connectivity index (χ1n) is 8.57. The second-order valence-electron chi connectivity index (χ2n) is 6.27. The van der Waals surface area contributed by atoms with Crippen LogP contribution in [0.1, 0.15) is 24.8 Å². The van der Waals surface area contributed by atoms with Crippen LogP contribution in [0.15, 0.2) is 24.3 Å². The summed E-state index contributed by atoms with van der Waals surface area (Å²) < 4.78 is 10.6. The predicted molar refractivity (Wildman–Crippen MR) is 96.7 cm³/mol. The van der Waals surface area contributed by atoms with Gasteiger partial charge < -0.3 is 25.2 Å². The van der Waals surface area contributed by atoms with Crippen molar-refractivity contribution in [3.63, 3.8) is 0 Å². The summed E-state index contributed by atoms with van der Waals surface area (Å²) in [6, 6.07) is 6.98. The quantitative estimate of drug-likeness (QED) is 0.621. The molecule has 1 aliphatic heterocycles. The van der Waals surface area contributed by atoms with Gasteiger partial charge in [0.2, 0.25) is 11.8 Å². The third kappa shape index (κ3) is 6.57. The van der Waals surface area contributed by atoms with Crippen molar-refractivity contribution in [2.24, 2.45) is 0 Å². The van der Waals surface area contributed by atoms with Gasteiger partial charge >= 0.3 is 0 Å². The van der Waals surface area contributed by atoms with Crippen molar-refractivity contribution in [2.75, 3.05) is 20.3 Å². The Morgan fingerprint density at radius 1 is 1.27 bits per heavy atom. The third-order valence-electron chi connectivity index (χ3n) is 4.23. The molecule has 7 nitrogen and oxygen atoms in total. The zero-order valence-corrected chi connectivity index (χ0v) is 15.5. The number of methoxy groups -OCH3 is 1. The number of aliphatic hydroxyl groups excluding tert-OH is 1. The number of hydrogen-bond acceptors (Lipinski definition) is 5. The molecule has 1 aromatic rings. The van der Waals surface area contributed by atoms with Gasteiger partial charge in [0.1, 0.15) is 12.7 Å². The highest BCUT2D eigenvalue weighted by atomic mass is 35.5. The van der Waals surface area contributed by atoms with Crippen LogP contribution >= 0.6 is 11.6 Å². The van der Waals surface area contributed by atoms with Gasteiger partial charge in [-0.25, -0.2) is 0 Å². The molecule has 0 radical (unpaired) electrons. The fourth-order valence-corrected chi connectivity index (χ4v) is 3.03. The van der Waals surface area contributed by atoms with E-state index in [1.165, 1.54) is 7.11 Å². The van der Waals surface area contributed by atoms with Gasteiger partial charge in [-0.1, -0.05) is 23.7 Å². The van der Waals surface area contributed by atoms with E-state index in [1.807, 2.05) is 12.1 Å². The summed E-state index contributed by atoms with van der Waals surface area (Å²) in [6.45, 7) is 0.161. The van der Waals surface area contributed by atoms with Crippen molar-refractivity contribution in [1.82, 2.24) is 10.6 Å². The second kappa shape index (κ2) is 10.5. The summed E-state index contributed by atoms with van der Waals surface area (Å²) in [7, 11) is 1.44. The molecule has 3 atom stereocenters. The Hall–Kier alpha value is -1.67. The molecule has 1 saturated heterocycles. The zero-order chi connectivity index (χ0) is 18.9. The van der Waals surface area contributed by atoms with Gasteiger partial charge in [0.25, 0.3) is 0 Å². The maximum absolute atomic E-state index is 12.1. The molecule has 1 heterocycles. The van der Waals surface area contributed by atoms with Gasteiger partial charge in [-0.2, -0.15) is 0 Å². The first kappa shape index (κ1) is 20.6. The van der Waals surface area contributed by atoms with E-state index >= 15 is 0 Å². The van der Waals surface area contributed by atoms with Crippen LogP contribution in [0.25, 0.3) is 0 Å². The lowest BCUT2D eigenvalue weighted by molar-refractivity contribution is -0.137. The van der Waals surface area contributed by atoms with Crippen LogP contribution < -0.4 is 10.6 Å². The number of nitrogens with one attached hydrogen (secondary N) is 2. The summed E-state index contributed by atoms with van der Waals surface area (Å²) in [5, 5.41) is 15.8. The average Bonchev–Trinajstić information content (AvgIpc) is 2.62. The minimum absolute atomic E-state index is 0.0365. The van der Waals surface area contributed by atoms with Crippen LogP contribution in [-0.4, -0.2) is 55.5 Å². The first-order valence-corrected chi connectivity index (χ1v) is 8.95. The standard InChI is InChI=1S/C18H25ClN2O5/c1-25-11-18(24)21-15-7-6-14(26-16(15)10-22)8-17(23)20-9-12-2-4-13(19)5-3-12/h2-5,14-16,22H,6-11H2,1H3,(H,20,23)(H,21,24)/t14-,15+,16-/m0/s1. The fourth-order valence-electron chi connectivity index (χ4n) is 2.91.